The molecule has 0 spiro atoms. The van der Waals surface area contributed by atoms with Crippen LogP contribution >= 0.6 is 0 Å². The van der Waals surface area contributed by atoms with Gasteiger partial charge in [-0.15, -0.1) is 0 Å². The molecule has 14 heavy (non-hydrogen) atoms. The van der Waals surface area contributed by atoms with E-state index in [0.717, 1.165) is 17.0 Å². The fourth-order valence-corrected chi connectivity index (χ4v) is 1.34. The van der Waals surface area contributed by atoms with Gasteiger partial charge in [0, 0.05) is 0 Å². The third-order valence-corrected chi connectivity index (χ3v) is 2.46. The van der Waals surface area contributed by atoms with E-state index in [-0.39, 0.29) is 5.75 Å². The monoisotopic (exact) mass is 191 g/mol. The molecule has 1 heterocycles. The predicted molar refractivity (Wildman–Crippen MR) is 59.4 cm³/mol. The quantitative estimate of drug-likeness (QED) is 0.729. The van der Waals surface area contributed by atoms with Crippen molar-refractivity contribution in [2.75, 3.05) is 0 Å². The average molecular weight is 191 g/mol. The standard InChI is InChI=1S/C12H17NO/c1-5-8(3)12-10(6-2)7-11(14)9(4)13-12/h6-7,14H,5H2,1-4H3/b10-6-,12-8-. The Hall–Kier alpha value is -1.31. The fraction of sp³-hybridized carbons (Fsp3) is 0.417. The molecule has 0 atom stereocenters. The number of hydrogen-bond donors (Lipinski definition) is 1. The van der Waals surface area contributed by atoms with Crippen LogP contribution in [0.25, 0.3) is 11.6 Å². The van der Waals surface area contributed by atoms with Crippen LogP contribution in [0.4, 0.5) is 0 Å². The zero-order valence-electron chi connectivity index (χ0n) is 9.26. The molecule has 0 bridgehead atoms. The molecule has 1 N–H and O–H groups in total. The van der Waals surface area contributed by atoms with Gasteiger partial charge in [-0.05, 0) is 44.1 Å². The highest BCUT2D eigenvalue weighted by molar-refractivity contribution is 5.43. The first-order valence-electron chi connectivity index (χ1n) is 4.92. The van der Waals surface area contributed by atoms with Crippen LogP contribution in [0.15, 0.2) is 6.07 Å². The van der Waals surface area contributed by atoms with E-state index in [1.54, 1.807) is 6.07 Å². The Morgan fingerprint density at radius 1 is 1.57 bits per heavy atom. The van der Waals surface area contributed by atoms with Crippen molar-refractivity contribution in [2.45, 2.75) is 34.1 Å². The Morgan fingerprint density at radius 3 is 2.71 bits per heavy atom. The number of pyridine rings is 1. The summed E-state index contributed by atoms with van der Waals surface area (Å²) < 4.78 is 0. The van der Waals surface area contributed by atoms with E-state index in [1.165, 1.54) is 5.57 Å². The fourth-order valence-electron chi connectivity index (χ4n) is 1.34. The van der Waals surface area contributed by atoms with E-state index >= 15 is 0 Å². The van der Waals surface area contributed by atoms with Crippen LogP contribution < -0.4 is 10.6 Å². The summed E-state index contributed by atoms with van der Waals surface area (Å²) in [5.74, 6) is 0.269. The topological polar surface area (TPSA) is 33.1 Å². The number of aryl methyl sites for hydroxylation is 1. The van der Waals surface area contributed by atoms with Crippen molar-refractivity contribution in [3.05, 3.63) is 22.3 Å². The first-order valence-corrected chi connectivity index (χ1v) is 4.92. The van der Waals surface area contributed by atoms with Crippen molar-refractivity contribution in [1.82, 2.24) is 4.98 Å². The van der Waals surface area contributed by atoms with E-state index in [1.807, 2.05) is 19.9 Å². The van der Waals surface area contributed by atoms with Crippen molar-refractivity contribution in [3.63, 3.8) is 0 Å². The first-order chi connectivity index (χ1) is 6.60. The van der Waals surface area contributed by atoms with E-state index in [9.17, 15) is 5.11 Å². The SMILES string of the molecule is C/C=c1/cc(O)c(C)n/c1=C(/C)CC. The van der Waals surface area contributed by atoms with E-state index in [0.29, 0.717) is 5.69 Å². The van der Waals surface area contributed by atoms with Gasteiger partial charge in [0.25, 0.3) is 0 Å². The smallest absolute Gasteiger partial charge is 0.137 e. The van der Waals surface area contributed by atoms with Crippen molar-refractivity contribution in [2.24, 2.45) is 0 Å². The van der Waals surface area contributed by atoms with Crippen molar-refractivity contribution >= 4 is 11.6 Å². The largest absolute Gasteiger partial charge is 0.506 e. The summed E-state index contributed by atoms with van der Waals surface area (Å²) in [7, 11) is 0. The Kier molecular flexibility index (Phi) is 3.28. The van der Waals surface area contributed by atoms with Gasteiger partial charge in [0.05, 0.1) is 11.0 Å². The minimum absolute atomic E-state index is 0.269. The van der Waals surface area contributed by atoms with E-state index in [4.69, 9.17) is 0 Å². The molecule has 0 aliphatic rings. The molecule has 0 aliphatic heterocycles. The van der Waals surface area contributed by atoms with E-state index < -0.39 is 0 Å². The highest BCUT2D eigenvalue weighted by atomic mass is 16.3. The molecular formula is C12H17NO. The maximum atomic E-state index is 9.52. The minimum Gasteiger partial charge on any atom is -0.506 e. The Balaban J connectivity index is 3.69. The van der Waals surface area contributed by atoms with Gasteiger partial charge in [-0.2, -0.15) is 0 Å². The molecule has 76 valence electrons. The molecule has 0 aliphatic carbocycles. The zero-order chi connectivity index (χ0) is 10.7. The summed E-state index contributed by atoms with van der Waals surface area (Å²) in [5, 5.41) is 11.5. The summed E-state index contributed by atoms with van der Waals surface area (Å²) in [6.07, 6.45) is 2.96. The van der Waals surface area contributed by atoms with Gasteiger partial charge in [0.2, 0.25) is 0 Å². The lowest BCUT2D eigenvalue weighted by atomic mass is 10.1. The zero-order valence-corrected chi connectivity index (χ0v) is 9.26. The van der Waals surface area contributed by atoms with Crippen molar-refractivity contribution in [3.8, 4) is 5.75 Å². The highest BCUT2D eigenvalue weighted by Gasteiger charge is 1.99. The maximum Gasteiger partial charge on any atom is 0.137 e. The molecule has 1 aromatic heterocycles. The van der Waals surface area contributed by atoms with Gasteiger partial charge in [-0.25, -0.2) is 4.98 Å². The Bertz CT molecular complexity index is 446. The number of rotatable bonds is 1. The predicted octanol–water partition coefficient (Wildman–Crippen LogP) is 1.48. The molecule has 0 fully saturated rings. The number of aromatic hydroxyl groups is 1. The molecule has 0 saturated heterocycles. The van der Waals surface area contributed by atoms with Crippen LogP contribution in [-0.2, 0) is 0 Å². The Labute approximate surface area is 84.6 Å². The normalized spacial score (nSPS) is 14.4. The van der Waals surface area contributed by atoms with Crippen LogP contribution in [0.1, 0.15) is 32.9 Å². The van der Waals surface area contributed by atoms with Gasteiger partial charge in [-0.1, -0.05) is 13.0 Å². The van der Waals surface area contributed by atoms with Crippen LogP contribution in [0, 0.1) is 6.92 Å². The molecule has 2 heteroatoms. The van der Waals surface area contributed by atoms with E-state index in [2.05, 4.69) is 18.8 Å². The second-order valence-electron chi connectivity index (χ2n) is 3.45. The molecule has 0 saturated carbocycles. The van der Waals surface area contributed by atoms with Crippen molar-refractivity contribution < 1.29 is 5.11 Å². The molecule has 1 rings (SSSR count). The lowest BCUT2D eigenvalue weighted by Gasteiger charge is -2.01. The Morgan fingerprint density at radius 2 is 2.21 bits per heavy atom. The maximum absolute atomic E-state index is 9.52. The lowest BCUT2D eigenvalue weighted by Crippen LogP contribution is -2.30. The van der Waals surface area contributed by atoms with Crippen molar-refractivity contribution in [1.29, 1.82) is 0 Å². The third kappa shape index (κ3) is 1.95. The van der Waals surface area contributed by atoms with Crippen LogP contribution in [0.3, 0.4) is 0 Å². The average Bonchev–Trinajstić information content (AvgIpc) is 2.20. The number of hydrogen-bond acceptors (Lipinski definition) is 2. The van der Waals surface area contributed by atoms with Gasteiger partial charge >= 0.3 is 0 Å². The molecule has 0 amide bonds. The first kappa shape index (κ1) is 10.8. The molecule has 0 aromatic carbocycles. The molecule has 2 nitrogen and oxygen atoms in total. The van der Waals surface area contributed by atoms with Gasteiger partial charge < -0.3 is 5.11 Å². The third-order valence-electron chi connectivity index (χ3n) is 2.46. The molecule has 1 aromatic rings. The van der Waals surface area contributed by atoms with Gasteiger partial charge in [0.15, 0.2) is 0 Å². The summed E-state index contributed by atoms with van der Waals surface area (Å²) in [4.78, 5) is 4.40. The second-order valence-corrected chi connectivity index (χ2v) is 3.45. The van der Waals surface area contributed by atoms with Crippen LogP contribution in [-0.4, -0.2) is 10.1 Å². The second kappa shape index (κ2) is 4.27. The van der Waals surface area contributed by atoms with Crippen LogP contribution in [0.2, 0.25) is 0 Å². The van der Waals surface area contributed by atoms with Gasteiger partial charge in [-0.3, -0.25) is 0 Å². The highest BCUT2D eigenvalue weighted by Crippen LogP contribution is 2.06. The molecule has 0 unspecified atom stereocenters. The molecule has 0 radical (unpaired) electrons. The van der Waals surface area contributed by atoms with Gasteiger partial charge in [0.1, 0.15) is 5.75 Å². The minimum atomic E-state index is 0.269. The summed E-state index contributed by atoms with van der Waals surface area (Å²) in [6, 6.07) is 1.77. The summed E-state index contributed by atoms with van der Waals surface area (Å²) in [5.41, 5.74) is 1.94. The number of nitrogens with zero attached hydrogens (tertiary/aromatic N) is 1. The summed E-state index contributed by atoms with van der Waals surface area (Å²) >= 11 is 0. The lowest BCUT2D eigenvalue weighted by molar-refractivity contribution is 0.466. The number of aromatic nitrogens is 1. The summed E-state index contributed by atoms with van der Waals surface area (Å²) in [6.45, 7) is 7.96. The van der Waals surface area contributed by atoms with Crippen LogP contribution in [0.5, 0.6) is 5.75 Å². The molecular weight excluding hydrogens is 174 g/mol.